The van der Waals surface area contributed by atoms with Gasteiger partial charge in [-0.1, -0.05) is 104 Å². The summed E-state index contributed by atoms with van der Waals surface area (Å²) in [5.74, 6) is 1.88. The predicted octanol–water partition coefficient (Wildman–Crippen LogP) is 9.25. The lowest BCUT2D eigenvalue weighted by molar-refractivity contribution is 0.112. The van der Waals surface area contributed by atoms with Gasteiger partial charge in [0.15, 0.2) is 0 Å². The van der Waals surface area contributed by atoms with Crippen LogP contribution in [-0.2, 0) is 9.47 Å². The molecular weight excluding hydrogens is 416 g/mol. The Kier molecular flexibility index (Phi) is 15.7. The molecule has 188 valence electrons. The maximum atomic E-state index is 5.86. The highest BCUT2D eigenvalue weighted by Crippen LogP contribution is 2.26. The smallest absolute Gasteiger partial charge is 0.122 e. The zero-order valence-electron chi connectivity index (χ0n) is 22.8. The van der Waals surface area contributed by atoms with E-state index in [1.807, 2.05) is 25.2 Å². The highest BCUT2D eigenvalue weighted by molar-refractivity contribution is 5.55. The van der Waals surface area contributed by atoms with Gasteiger partial charge in [-0.05, 0) is 70.6 Å². The first-order valence-electron chi connectivity index (χ1n) is 12.3. The summed E-state index contributed by atoms with van der Waals surface area (Å²) in [5.41, 5.74) is 6.44. The van der Waals surface area contributed by atoms with Gasteiger partial charge in [-0.3, -0.25) is 0 Å². The molecule has 0 aliphatic rings. The van der Waals surface area contributed by atoms with Crippen molar-refractivity contribution in [3.63, 3.8) is 0 Å². The molecule has 0 saturated carbocycles. The topological polar surface area (TPSA) is 18.5 Å². The monoisotopic (exact) mass is 464 g/mol. The maximum absolute atomic E-state index is 5.86. The van der Waals surface area contributed by atoms with E-state index in [9.17, 15) is 0 Å². The number of hydrogen-bond donors (Lipinski definition) is 0. The fourth-order valence-corrected chi connectivity index (χ4v) is 3.06. The number of allylic oxidation sites excluding steroid dienone is 11. The third-order valence-electron chi connectivity index (χ3n) is 5.85. The summed E-state index contributed by atoms with van der Waals surface area (Å²) in [6, 6.07) is 0. The van der Waals surface area contributed by atoms with Crippen LogP contribution in [0, 0.1) is 11.8 Å². The molecule has 0 radical (unpaired) electrons. The van der Waals surface area contributed by atoms with E-state index >= 15 is 0 Å². The second kappa shape index (κ2) is 16.9. The summed E-state index contributed by atoms with van der Waals surface area (Å²) in [7, 11) is 1.65. The molecule has 0 aliphatic carbocycles. The SMILES string of the molecule is C=C(/C=C\C(=C)C(C)CCC(C)C)C(=C)/C=C(/CC)C(=C)C(=C)/C=C(/OCCOC)C(=C)CC. The van der Waals surface area contributed by atoms with E-state index in [1.54, 1.807) is 7.11 Å². The predicted molar refractivity (Wildman–Crippen MR) is 152 cm³/mol. The standard InChI is InChI=1S/C32H48O2/c1-13-24(5)32(34-20-19-33-12)22-29(10)30(11)31(14-2)21-28(9)27(8)18-17-26(7)25(6)16-15-23(3)4/h17-18,21-23,25H,5,7-11,13-16,19-20H2,1-4,6,12H3/b18-17-,31-21-,32-22+. The van der Waals surface area contributed by atoms with Gasteiger partial charge in [0.25, 0.3) is 0 Å². The van der Waals surface area contributed by atoms with Crippen LogP contribution >= 0.6 is 0 Å². The Balaban J connectivity index is 5.38. The van der Waals surface area contributed by atoms with E-state index in [1.165, 1.54) is 6.42 Å². The van der Waals surface area contributed by atoms with Crippen molar-refractivity contribution in [2.75, 3.05) is 20.3 Å². The van der Waals surface area contributed by atoms with Crippen LogP contribution in [0.15, 0.2) is 109 Å². The molecule has 0 aromatic carbocycles. The third kappa shape index (κ3) is 12.0. The van der Waals surface area contributed by atoms with Gasteiger partial charge in [-0.15, -0.1) is 0 Å². The lowest BCUT2D eigenvalue weighted by Crippen LogP contribution is -2.04. The first kappa shape index (κ1) is 31.4. The fourth-order valence-electron chi connectivity index (χ4n) is 3.06. The number of rotatable bonds is 18. The van der Waals surface area contributed by atoms with Crippen molar-refractivity contribution < 1.29 is 9.47 Å². The Hall–Kier alpha value is -2.58. The van der Waals surface area contributed by atoms with Gasteiger partial charge in [-0.2, -0.15) is 0 Å². The van der Waals surface area contributed by atoms with Crippen molar-refractivity contribution >= 4 is 0 Å². The number of hydrogen-bond acceptors (Lipinski definition) is 2. The Morgan fingerprint density at radius 3 is 1.94 bits per heavy atom. The van der Waals surface area contributed by atoms with Gasteiger partial charge in [0.2, 0.25) is 0 Å². The Morgan fingerprint density at radius 2 is 1.41 bits per heavy atom. The molecule has 0 rings (SSSR count). The first-order chi connectivity index (χ1) is 16.0. The van der Waals surface area contributed by atoms with Gasteiger partial charge in [0.1, 0.15) is 12.4 Å². The minimum atomic E-state index is 0.453. The Morgan fingerprint density at radius 1 is 0.765 bits per heavy atom. The van der Waals surface area contributed by atoms with Crippen molar-refractivity contribution in [1.82, 2.24) is 0 Å². The molecule has 0 spiro atoms. The second-order valence-electron chi connectivity index (χ2n) is 9.16. The van der Waals surface area contributed by atoms with Crippen LogP contribution in [0.1, 0.15) is 60.3 Å². The molecule has 0 saturated heterocycles. The Bertz CT molecular complexity index is 842. The normalized spacial score (nSPS) is 13.1. The quantitative estimate of drug-likeness (QED) is 0.114. The van der Waals surface area contributed by atoms with E-state index in [4.69, 9.17) is 9.47 Å². The van der Waals surface area contributed by atoms with E-state index in [-0.39, 0.29) is 0 Å². The molecule has 0 aromatic rings. The summed E-state index contributed by atoms with van der Waals surface area (Å²) < 4.78 is 10.9. The second-order valence-corrected chi connectivity index (χ2v) is 9.16. The Labute approximate surface area is 210 Å². The molecule has 0 aromatic heterocycles. The summed E-state index contributed by atoms with van der Waals surface area (Å²) >= 11 is 0. The van der Waals surface area contributed by atoms with E-state index in [0.29, 0.717) is 25.0 Å². The minimum absolute atomic E-state index is 0.453. The average molecular weight is 465 g/mol. The van der Waals surface area contributed by atoms with Crippen LogP contribution in [0.25, 0.3) is 0 Å². The third-order valence-corrected chi connectivity index (χ3v) is 5.85. The summed E-state index contributed by atoms with van der Waals surface area (Å²) in [5, 5.41) is 0. The highest BCUT2D eigenvalue weighted by Gasteiger charge is 2.10. The molecule has 2 nitrogen and oxygen atoms in total. The van der Waals surface area contributed by atoms with E-state index < -0.39 is 0 Å². The average Bonchev–Trinajstić information content (AvgIpc) is 2.81. The van der Waals surface area contributed by atoms with Crippen LogP contribution in [0.5, 0.6) is 0 Å². The zero-order chi connectivity index (χ0) is 26.3. The molecule has 0 heterocycles. The molecular formula is C32H48O2. The van der Waals surface area contributed by atoms with Crippen LogP contribution in [0.3, 0.4) is 0 Å². The first-order valence-corrected chi connectivity index (χ1v) is 12.3. The molecule has 2 heteroatoms. The van der Waals surface area contributed by atoms with Crippen LogP contribution in [0.2, 0.25) is 0 Å². The zero-order valence-corrected chi connectivity index (χ0v) is 22.8. The van der Waals surface area contributed by atoms with Crippen molar-refractivity contribution in [3.8, 4) is 0 Å². The van der Waals surface area contributed by atoms with Crippen molar-refractivity contribution in [1.29, 1.82) is 0 Å². The van der Waals surface area contributed by atoms with Crippen LogP contribution in [0.4, 0.5) is 0 Å². The van der Waals surface area contributed by atoms with E-state index in [2.05, 4.69) is 73.2 Å². The van der Waals surface area contributed by atoms with Crippen molar-refractivity contribution in [3.05, 3.63) is 109 Å². The van der Waals surface area contributed by atoms with Crippen molar-refractivity contribution in [2.45, 2.75) is 60.3 Å². The van der Waals surface area contributed by atoms with E-state index in [0.717, 1.165) is 64.0 Å². The molecule has 1 unspecified atom stereocenters. The number of methoxy groups -OCH3 is 1. The molecule has 0 fully saturated rings. The summed E-state index contributed by atoms with van der Waals surface area (Å²) in [4.78, 5) is 0. The molecule has 1 atom stereocenters. The number of ether oxygens (including phenoxy) is 2. The van der Waals surface area contributed by atoms with Gasteiger partial charge >= 0.3 is 0 Å². The fraction of sp³-hybridized carbons (Fsp3) is 0.438. The van der Waals surface area contributed by atoms with Gasteiger partial charge in [0, 0.05) is 7.11 Å². The van der Waals surface area contributed by atoms with Gasteiger partial charge < -0.3 is 9.47 Å². The van der Waals surface area contributed by atoms with Crippen LogP contribution in [-0.4, -0.2) is 20.3 Å². The molecule has 0 N–H and O–H groups in total. The summed E-state index contributed by atoms with van der Waals surface area (Å²) in [6.07, 6.45) is 12.0. The minimum Gasteiger partial charge on any atom is -0.491 e. The largest absolute Gasteiger partial charge is 0.491 e. The van der Waals surface area contributed by atoms with Gasteiger partial charge in [-0.25, -0.2) is 0 Å². The molecule has 0 amide bonds. The molecule has 0 aliphatic heterocycles. The lowest BCUT2D eigenvalue weighted by atomic mass is 9.92. The van der Waals surface area contributed by atoms with Gasteiger partial charge in [0.05, 0.1) is 6.61 Å². The summed E-state index contributed by atoms with van der Waals surface area (Å²) in [6.45, 7) is 37.1. The van der Waals surface area contributed by atoms with Crippen molar-refractivity contribution in [2.24, 2.45) is 11.8 Å². The van der Waals surface area contributed by atoms with Crippen LogP contribution < -0.4 is 0 Å². The lowest BCUT2D eigenvalue weighted by Gasteiger charge is -2.15. The maximum Gasteiger partial charge on any atom is 0.122 e. The molecule has 34 heavy (non-hydrogen) atoms. The molecule has 0 bridgehead atoms. The highest BCUT2D eigenvalue weighted by atomic mass is 16.5.